The fourth-order valence-corrected chi connectivity index (χ4v) is 5.98. The smallest absolute Gasteiger partial charge is 0.270 e. The molecule has 4 aromatic rings. The van der Waals surface area contributed by atoms with Gasteiger partial charge in [0.1, 0.15) is 17.3 Å². The highest BCUT2D eigenvalue weighted by atomic mass is 32.2. The number of hydrogen-bond donors (Lipinski definition) is 0. The average molecular weight is 520 g/mol. The van der Waals surface area contributed by atoms with Crippen molar-refractivity contribution in [2.24, 2.45) is 0 Å². The molecule has 5 rings (SSSR count). The van der Waals surface area contributed by atoms with Crippen LogP contribution < -0.4 is 0 Å². The van der Waals surface area contributed by atoms with E-state index in [-0.39, 0.29) is 23.6 Å². The van der Waals surface area contributed by atoms with Crippen molar-refractivity contribution in [3.63, 3.8) is 0 Å². The van der Waals surface area contributed by atoms with E-state index in [1.54, 1.807) is 36.0 Å². The second-order valence-electron chi connectivity index (χ2n) is 9.26. The molecular weight excluding hydrogens is 488 g/mol. The van der Waals surface area contributed by atoms with E-state index < -0.39 is 0 Å². The summed E-state index contributed by atoms with van der Waals surface area (Å²) >= 11 is 1.80. The molecule has 0 spiro atoms. The molecule has 1 aliphatic rings. The van der Waals surface area contributed by atoms with Gasteiger partial charge in [0.2, 0.25) is 0 Å². The highest BCUT2D eigenvalue weighted by Gasteiger charge is 2.30. The maximum Gasteiger partial charge on any atom is 0.270 e. The normalized spacial score (nSPS) is 14.6. The summed E-state index contributed by atoms with van der Waals surface area (Å²) in [5.74, 6) is 0.474. The van der Waals surface area contributed by atoms with Crippen molar-refractivity contribution in [2.45, 2.75) is 31.3 Å². The van der Waals surface area contributed by atoms with Crippen molar-refractivity contribution in [1.29, 1.82) is 0 Å². The van der Waals surface area contributed by atoms with Crippen molar-refractivity contribution < 1.29 is 13.6 Å². The largest absolute Gasteiger partial charge is 0.337 e. The zero-order valence-electron chi connectivity index (χ0n) is 21.2. The molecule has 0 saturated carbocycles. The zero-order chi connectivity index (χ0) is 25.9. The van der Waals surface area contributed by atoms with Gasteiger partial charge in [-0.3, -0.25) is 9.69 Å². The van der Waals surface area contributed by atoms with Gasteiger partial charge in [-0.15, -0.1) is 11.8 Å². The standard InChI is InChI=1S/C30H31F2N3OS/c1-3-35-27-14-13-26(37-4-2)19-23(27)20-28(35)30(36)34-17-15-33(16-18-34)29(21-5-9-24(31)10-6-21)22-7-11-25(32)12-8-22/h5-14,19-20,29H,3-4,15-18H2,1-2H3. The van der Waals surface area contributed by atoms with Crippen LogP contribution >= 0.6 is 11.8 Å². The molecule has 7 heteroatoms. The predicted octanol–water partition coefficient (Wildman–Crippen LogP) is 6.60. The molecule has 3 aromatic carbocycles. The van der Waals surface area contributed by atoms with Crippen LogP contribution in [0.3, 0.4) is 0 Å². The van der Waals surface area contributed by atoms with Gasteiger partial charge in [-0.2, -0.15) is 0 Å². The third-order valence-corrected chi connectivity index (χ3v) is 7.93. The van der Waals surface area contributed by atoms with Crippen molar-refractivity contribution in [1.82, 2.24) is 14.4 Å². The highest BCUT2D eigenvalue weighted by molar-refractivity contribution is 7.99. The van der Waals surface area contributed by atoms with Gasteiger partial charge in [-0.25, -0.2) is 8.78 Å². The monoisotopic (exact) mass is 519 g/mol. The summed E-state index contributed by atoms with van der Waals surface area (Å²) in [7, 11) is 0. The average Bonchev–Trinajstić information content (AvgIpc) is 3.29. The maximum absolute atomic E-state index is 13.6. The first kappa shape index (κ1) is 25.5. The van der Waals surface area contributed by atoms with Crippen LogP contribution in [0.15, 0.2) is 77.7 Å². The summed E-state index contributed by atoms with van der Waals surface area (Å²) < 4.78 is 29.4. The summed E-state index contributed by atoms with van der Waals surface area (Å²) in [6.45, 7) is 7.42. The Hall–Kier alpha value is -3.16. The lowest BCUT2D eigenvalue weighted by Gasteiger charge is -2.39. The van der Waals surface area contributed by atoms with Crippen molar-refractivity contribution in [2.75, 3.05) is 31.9 Å². The predicted molar refractivity (Wildman–Crippen MR) is 146 cm³/mol. The van der Waals surface area contributed by atoms with Crippen LogP contribution in [-0.4, -0.2) is 52.2 Å². The van der Waals surface area contributed by atoms with E-state index in [2.05, 4.69) is 41.5 Å². The number of halogens is 2. The SMILES string of the molecule is CCSc1ccc2c(c1)cc(C(=O)N1CCN(C(c3ccc(F)cc3)c3ccc(F)cc3)CC1)n2CC. The number of amides is 1. The van der Waals surface area contributed by atoms with Gasteiger partial charge in [0, 0.05) is 48.5 Å². The number of carbonyl (C=O) groups excluding carboxylic acids is 1. The Balaban J connectivity index is 1.37. The molecule has 0 atom stereocenters. The lowest BCUT2D eigenvalue weighted by Crippen LogP contribution is -2.50. The Morgan fingerprint density at radius 1 is 0.838 bits per heavy atom. The quantitative estimate of drug-likeness (QED) is 0.258. The summed E-state index contributed by atoms with van der Waals surface area (Å²) in [5, 5.41) is 1.09. The molecule has 2 heterocycles. The minimum atomic E-state index is -0.288. The molecule has 1 fully saturated rings. The molecule has 0 aliphatic carbocycles. The molecule has 0 bridgehead atoms. The van der Waals surface area contributed by atoms with E-state index in [9.17, 15) is 13.6 Å². The molecule has 1 saturated heterocycles. The summed E-state index contributed by atoms with van der Waals surface area (Å²) in [6, 6.07) is 21.2. The van der Waals surface area contributed by atoms with E-state index in [0.29, 0.717) is 26.2 Å². The van der Waals surface area contributed by atoms with Crippen LogP contribution in [0.4, 0.5) is 8.78 Å². The molecule has 37 heavy (non-hydrogen) atoms. The maximum atomic E-state index is 13.6. The minimum absolute atomic E-state index is 0.0440. The van der Waals surface area contributed by atoms with Gasteiger partial charge in [-0.05, 0) is 72.3 Å². The molecule has 0 unspecified atom stereocenters. The lowest BCUT2D eigenvalue weighted by atomic mass is 9.96. The van der Waals surface area contributed by atoms with Crippen LogP contribution in [0.5, 0.6) is 0 Å². The second kappa shape index (κ2) is 11.1. The summed E-state index contributed by atoms with van der Waals surface area (Å²) in [6.07, 6.45) is 0. The van der Waals surface area contributed by atoms with Crippen LogP contribution in [-0.2, 0) is 6.54 Å². The van der Waals surface area contributed by atoms with Crippen molar-refractivity contribution in [3.8, 4) is 0 Å². The topological polar surface area (TPSA) is 28.5 Å². The van der Waals surface area contributed by atoms with Gasteiger partial charge < -0.3 is 9.47 Å². The van der Waals surface area contributed by atoms with Gasteiger partial charge >= 0.3 is 0 Å². The van der Waals surface area contributed by atoms with E-state index in [4.69, 9.17) is 0 Å². The molecular formula is C30H31F2N3OS. The van der Waals surface area contributed by atoms with Gasteiger partial charge in [0.15, 0.2) is 0 Å². The molecule has 1 aromatic heterocycles. The molecule has 4 nitrogen and oxygen atoms in total. The first-order chi connectivity index (χ1) is 18.0. The Bertz CT molecular complexity index is 1330. The number of rotatable bonds is 7. The molecule has 1 aliphatic heterocycles. The Labute approximate surface area is 220 Å². The van der Waals surface area contributed by atoms with E-state index in [0.717, 1.165) is 40.0 Å². The summed E-state index contributed by atoms with van der Waals surface area (Å²) in [4.78, 5) is 19.1. The number of thioether (sulfide) groups is 1. The number of nitrogens with zero attached hydrogens (tertiary/aromatic N) is 3. The molecule has 1 amide bonds. The van der Waals surface area contributed by atoms with Crippen LogP contribution in [0.25, 0.3) is 10.9 Å². The fraction of sp³-hybridized carbons (Fsp3) is 0.300. The third-order valence-electron chi connectivity index (χ3n) is 7.06. The molecule has 192 valence electrons. The van der Waals surface area contributed by atoms with Crippen molar-refractivity contribution in [3.05, 3.63) is 101 Å². The summed E-state index contributed by atoms with van der Waals surface area (Å²) in [5.41, 5.74) is 3.69. The van der Waals surface area contributed by atoms with Crippen LogP contribution in [0, 0.1) is 11.6 Å². The van der Waals surface area contributed by atoms with Crippen LogP contribution in [0.1, 0.15) is 41.5 Å². The number of aromatic nitrogens is 1. The number of aryl methyl sites for hydroxylation is 1. The van der Waals surface area contributed by atoms with E-state index in [1.165, 1.54) is 29.2 Å². The Morgan fingerprint density at radius 2 is 1.43 bits per heavy atom. The van der Waals surface area contributed by atoms with Gasteiger partial charge in [0.05, 0.1) is 6.04 Å². The third kappa shape index (κ3) is 5.29. The Kier molecular flexibility index (Phi) is 7.63. The fourth-order valence-electron chi connectivity index (χ4n) is 5.27. The van der Waals surface area contributed by atoms with Crippen molar-refractivity contribution >= 4 is 28.6 Å². The highest BCUT2D eigenvalue weighted by Crippen LogP contribution is 2.31. The zero-order valence-corrected chi connectivity index (χ0v) is 22.0. The number of carbonyl (C=O) groups is 1. The first-order valence-electron chi connectivity index (χ1n) is 12.8. The first-order valence-corrected chi connectivity index (χ1v) is 13.8. The number of hydrogen-bond acceptors (Lipinski definition) is 3. The number of fused-ring (bicyclic) bond motifs is 1. The van der Waals surface area contributed by atoms with E-state index in [1.807, 2.05) is 11.0 Å². The Morgan fingerprint density at radius 3 is 1.97 bits per heavy atom. The number of piperazine rings is 1. The van der Waals surface area contributed by atoms with E-state index >= 15 is 0 Å². The van der Waals surface area contributed by atoms with Gasteiger partial charge in [0.25, 0.3) is 5.91 Å². The minimum Gasteiger partial charge on any atom is -0.337 e. The van der Waals surface area contributed by atoms with Crippen LogP contribution in [0.2, 0.25) is 0 Å². The molecule has 0 radical (unpaired) electrons. The molecule has 0 N–H and O–H groups in total. The second-order valence-corrected chi connectivity index (χ2v) is 10.6. The number of benzene rings is 3. The van der Waals surface area contributed by atoms with Gasteiger partial charge in [-0.1, -0.05) is 31.2 Å². The lowest BCUT2D eigenvalue weighted by molar-refractivity contribution is 0.0587.